The van der Waals surface area contributed by atoms with Crippen LogP contribution in [0.5, 0.6) is 0 Å². The standard InChI is InChI=1S/C17H21ClN4O2/c1-12-19-15(20-22(12)14-7-5-13(18)6-8-14)16(23)21(2)11-17(24)9-3-4-10-17/h5-8,24H,3-4,9-11H2,1-2H3. The number of likely N-dealkylation sites (N-methyl/N-ethyl adjacent to an activating group) is 1. The van der Waals surface area contributed by atoms with E-state index in [1.807, 2.05) is 12.1 Å². The first kappa shape index (κ1) is 16.9. The fourth-order valence-corrected chi connectivity index (χ4v) is 3.31. The Morgan fingerprint density at radius 2 is 1.96 bits per heavy atom. The number of benzene rings is 1. The largest absolute Gasteiger partial charge is 0.388 e. The Morgan fingerprint density at radius 1 is 1.33 bits per heavy atom. The van der Waals surface area contributed by atoms with Crippen LogP contribution in [0, 0.1) is 6.92 Å². The van der Waals surface area contributed by atoms with E-state index in [4.69, 9.17) is 11.6 Å². The summed E-state index contributed by atoms with van der Waals surface area (Å²) in [6, 6.07) is 7.18. The molecule has 1 aromatic carbocycles. The molecule has 0 spiro atoms. The molecule has 1 heterocycles. The molecule has 1 aliphatic carbocycles. The Labute approximate surface area is 146 Å². The molecule has 1 N–H and O–H groups in total. The molecule has 0 bridgehead atoms. The minimum Gasteiger partial charge on any atom is -0.388 e. The average molecular weight is 349 g/mol. The maximum Gasteiger partial charge on any atom is 0.293 e. The van der Waals surface area contributed by atoms with Crippen molar-refractivity contribution in [2.45, 2.75) is 38.2 Å². The van der Waals surface area contributed by atoms with E-state index in [1.54, 1.807) is 30.8 Å². The quantitative estimate of drug-likeness (QED) is 0.922. The Hall–Kier alpha value is -1.92. The molecular weight excluding hydrogens is 328 g/mol. The third-order valence-electron chi connectivity index (χ3n) is 4.44. The third kappa shape index (κ3) is 3.44. The van der Waals surface area contributed by atoms with Gasteiger partial charge in [0.05, 0.1) is 11.3 Å². The molecule has 1 amide bonds. The first-order chi connectivity index (χ1) is 11.4. The Kier molecular flexibility index (Phi) is 4.60. The van der Waals surface area contributed by atoms with Crippen LogP contribution in [-0.4, -0.2) is 49.9 Å². The van der Waals surface area contributed by atoms with E-state index in [0.717, 1.165) is 31.4 Å². The SMILES string of the molecule is Cc1nc(C(=O)N(C)CC2(O)CCCC2)nn1-c1ccc(Cl)cc1. The molecule has 0 atom stereocenters. The van der Waals surface area contributed by atoms with E-state index in [-0.39, 0.29) is 11.7 Å². The number of amides is 1. The van der Waals surface area contributed by atoms with Crippen LogP contribution in [-0.2, 0) is 0 Å². The van der Waals surface area contributed by atoms with E-state index in [9.17, 15) is 9.90 Å². The molecule has 3 rings (SSSR count). The molecule has 1 saturated carbocycles. The van der Waals surface area contributed by atoms with Gasteiger partial charge in [-0.3, -0.25) is 4.79 Å². The summed E-state index contributed by atoms with van der Waals surface area (Å²) in [5.74, 6) is 0.464. The normalized spacial score (nSPS) is 16.3. The fraction of sp³-hybridized carbons (Fsp3) is 0.471. The molecule has 1 fully saturated rings. The number of rotatable bonds is 4. The second-order valence-corrected chi connectivity index (χ2v) is 6.90. The van der Waals surface area contributed by atoms with Crippen LogP contribution in [0.25, 0.3) is 5.69 Å². The topological polar surface area (TPSA) is 71.2 Å². The van der Waals surface area contributed by atoms with Gasteiger partial charge in [-0.1, -0.05) is 24.4 Å². The number of aromatic nitrogens is 3. The van der Waals surface area contributed by atoms with Crippen molar-refractivity contribution in [3.8, 4) is 5.69 Å². The van der Waals surface area contributed by atoms with Gasteiger partial charge in [0.1, 0.15) is 5.82 Å². The lowest BCUT2D eigenvalue weighted by Crippen LogP contribution is -2.42. The molecule has 0 radical (unpaired) electrons. The average Bonchev–Trinajstić information content (AvgIpc) is 3.13. The van der Waals surface area contributed by atoms with Crippen LogP contribution >= 0.6 is 11.6 Å². The van der Waals surface area contributed by atoms with E-state index in [1.165, 1.54) is 4.90 Å². The van der Waals surface area contributed by atoms with Crippen molar-refractivity contribution in [1.82, 2.24) is 19.7 Å². The number of nitrogens with zero attached hydrogens (tertiary/aromatic N) is 4. The number of aryl methyl sites for hydroxylation is 1. The molecule has 1 aliphatic rings. The lowest BCUT2D eigenvalue weighted by atomic mass is 10.0. The molecule has 0 aliphatic heterocycles. The van der Waals surface area contributed by atoms with E-state index in [2.05, 4.69) is 10.1 Å². The van der Waals surface area contributed by atoms with Gasteiger partial charge in [0.2, 0.25) is 5.82 Å². The van der Waals surface area contributed by atoms with Crippen LogP contribution in [0.3, 0.4) is 0 Å². The first-order valence-corrected chi connectivity index (χ1v) is 8.43. The summed E-state index contributed by atoms with van der Waals surface area (Å²) in [5.41, 5.74) is 0.0126. The summed E-state index contributed by atoms with van der Waals surface area (Å²) in [7, 11) is 1.68. The predicted molar refractivity (Wildman–Crippen MR) is 91.5 cm³/mol. The van der Waals surface area contributed by atoms with Crippen molar-refractivity contribution in [2.75, 3.05) is 13.6 Å². The zero-order chi connectivity index (χ0) is 17.3. The molecule has 0 unspecified atom stereocenters. The summed E-state index contributed by atoms with van der Waals surface area (Å²) in [6.45, 7) is 2.10. The van der Waals surface area contributed by atoms with Gasteiger partial charge in [-0.05, 0) is 44.0 Å². The summed E-state index contributed by atoms with van der Waals surface area (Å²) in [4.78, 5) is 18.4. The highest BCUT2D eigenvalue weighted by atomic mass is 35.5. The van der Waals surface area contributed by atoms with Crippen LogP contribution in [0.4, 0.5) is 0 Å². The van der Waals surface area contributed by atoms with E-state index < -0.39 is 5.60 Å². The second kappa shape index (κ2) is 6.53. The number of carbonyl (C=O) groups excluding carboxylic acids is 1. The molecule has 0 saturated heterocycles. The number of hydrogen-bond donors (Lipinski definition) is 1. The monoisotopic (exact) mass is 348 g/mol. The van der Waals surface area contributed by atoms with E-state index in [0.29, 0.717) is 17.4 Å². The van der Waals surface area contributed by atoms with Crippen molar-refractivity contribution in [3.05, 3.63) is 40.9 Å². The highest BCUT2D eigenvalue weighted by Gasteiger charge is 2.34. The van der Waals surface area contributed by atoms with Gasteiger partial charge in [0.15, 0.2) is 0 Å². The molecule has 7 heteroatoms. The van der Waals surface area contributed by atoms with Gasteiger partial charge in [-0.15, -0.1) is 5.10 Å². The molecule has 1 aromatic heterocycles. The van der Waals surface area contributed by atoms with Crippen molar-refractivity contribution < 1.29 is 9.90 Å². The maximum atomic E-state index is 12.6. The number of halogens is 1. The Morgan fingerprint density at radius 3 is 2.58 bits per heavy atom. The second-order valence-electron chi connectivity index (χ2n) is 6.46. The first-order valence-electron chi connectivity index (χ1n) is 8.05. The van der Waals surface area contributed by atoms with Gasteiger partial charge >= 0.3 is 0 Å². The summed E-state index contributed by atoms with van der Waals surface area (Å²) >= 11 is 5.90. The molecule has 24 heavy (non-hydrogen) atoms. The number of aliphatic hydroxyl groups is 1. The van der Waals surface area contributed by atoms with Gasteiger partial charge in [-0.2, -0.15) is 0 Å². The van der Waals surface area contributed by atoms with Gasteiger partial charge in [0.25, 0.3) is 5.91 Å². The van der Waals surface area contributed by atoms with Crippen LogP contribution < -0.4 is 0 Å². The van der Waals surface area contributed by atoms with Crippen molar-refractivity contribution in [3.63, 3.8) is 0 Å². The van der Waals surface area contributed by atoms with Crippen LogP contribution in [0.2, 0.25) is 5.02 Å². The minimum atomic E-state index is -0.780. The summed E-state index contributed by atoms with van der Waals surface area (Å²) in [5, 5.41) is 15.4. The Balaban J connectivity index is 1.78. The van der Waals surface area contributed by atoms with Gasteiger partial charge in [0, 0.05) is 18.6 Å². The molecule has 6 nitrogen and oxygen atoms in total. The highest BCUT2D eigenvalue weighted by molar-refractivity contribution is 6.30. The van der Waals surface area contributed by atoms with Crippen LogP contribution in [0.15, 0.2) is 24.3 Å². The molecular formula is C17H21ClN4O2. The van der Waals surface area contributed by atoms with Crippen molar-refractivity contribution >= 4 is 17.5 Å². The van der Waals surface area contributed by atoms with Gasteiger partial charge in [-0.25, -0.2) is 9.67 Å². The Bertz CT molecular complexity index is 736. The number of hydrogen-bond acceptors (Lipinski definition) is 4. The lowest BCUT2D eigenvalue weighted by molar-refractivity contribution is 0.0152. The molecule has 128 valence electrons. The summed E-state index contributed by atoms with van der Waals surface area (Å²) < 4.78 is 1.61. The summed E-state index contributed by atoms with van der Waals surface area (Å²) in [6.07, 6.45) is 3.47. The molecule has 2 aromatic rings. The van der Waals surface area contributed by atoms with Crippen molar-refractivity contribution in [2.24, 2.45) is 0 Å². The number of carbonyl (C=O) groups is 1. The third-order valence-corrected chi connectivity index (χ3v) is 4.70. The predicted octanol–water partition coefficient (Wildman–Crippen LogP) is 2.61. The minimum absolute atomic E-state index is 0.131. The fourth-order valence-electron chi connectivity index (χ4n) is 3.18. The smallest absolute Gasteiger partial charge is 0.293 e. The highest BCUT2D eigenvalue weighted by Crippen LogP contribution is 2.30. The zero-order valence-electron chi connectivity index (χ0n) is 13.9. The zero-order valence-corrected chi connectivity index (χ0v) is 14.6. The maximum absolute atomic E-state index is 12.6. The van der Waals surface area contributed by atoms with Crippen LogP contribution in [0.1, 0.15) is 42.1 Å². The van der Waals surface area contributed by atoms with Crippen molar-refractivity contribution in [1.29, 1.82) is 0 Å². The lowest BCUT2D eigenvalue weighted by Gasteiger charge is -2.27. The van der Waals surface area contributed by atoms with Gasteiger partial charge < -0.3 is 10.0 Å². The van der Waals surface area contributed by atoms with E-state index >= 15 is 0 Å².